The van der Waals surface area contributed by atoms with Crippen LogP contribution in [0, 0.1) is 10.1 Å². The summed E-state index contributed by atoms with van der Waals surface area (Å²) in [6, 6.07) is 3.97. The molecule has 0 aromatic heterocycles. The second kappa shape index (κ2) is 6.10. The first-order chi connectivity index (χ1) is 8.78. The normalized spacial score (nSPS) is 11.4. The lowest BCUT2D eigenvalue weighted by Gasteiger charge is -2.24. The zero-order valence-electron chi connectivity index (χ0n) is 10.1. The lowest BCUT2D eigenvalue weighted by atomic mass is 10.1. The molecule has 4 nitrogen and oxygen atoms in total. The standard InChI is InChI=1S/C11H12ClF3N2O2/c1-2-16(7-11(13,14)15)9-4-3-8(6-12)5-10(9)17(18)19/h3-5H,2,6-7H2,1H3. The molecule has 0 fully saturated rings. The summed E-state index contributed by atoms with van der Waals surface area (Å²) in [4.78, 5) is 11.1. The van der Waals surface area contributed by atoms with Gasteiger partial charge in [0.1, 0.15) is 12.2 Å². The number of nitro groups is 1. The molecule has 0 unspecified atom stereocenters. The average molecular weight is 297 g/mol. The summed E-state index contributed by atoms with van der Waals surface area (Å²) in [6.45, 7) is 0.288. The molecular formula is C11H12ClF3N2O2. The van der Waals surface area contributed by atoms with E-state index in [1.54, 1.807) is 0 Å². The van der Waals surface area contributed by atoms with Gasteiger partial charge in [-0.15, -0.1) is 11.6 Å². The van der Waals surface area contributed by atoms with Crippen molar-refractivity contribution in [2.24, 2.45) is 0 Å². The first-order valence-electron chi connectivity index (χ1n) is 5.43. The van der Waals surface area contributed by atoms with Crippen molar-refractivity contribution in [2.45, 2.75) is 19.0 Å². The van der Waals surface area contributed by atoms with Gasteiger partial charge in [-0.25, -0.2) is 0 Å². The van der Waals surface area contributed by atoms with Crippen LogP contribution in [0.5, 0.6) is 0 Å². The Morgan fingerprint density at radius 2 is 2.05 bits per heavy atom. The molecule has 0 aliphatic rings. The molecule has 0 aliphatic carbocycles. The molecule has 0 aliphatic heterocycles. The van der Waals surface area contributed by atoms with E-state index < -0.39 is 17.6 Å². The second-order valence-corrected chi connectivity index (χ2v) is 4.11. The molecule has 0 saturated heterocycles. The highest BCUT2D eigenvalue weighted by Crippen LogP contribution is 2.31. The van der Waals surface area contributed by atoms with E-state index in [9.17, 15) is 23.3 Å². The highest BCUT2D eigenvalue weighted by Gasteiger charge is 2.32. The van der Waals surface area contributed by atoms with Gasteiger partial charge in [0.25, 0.3) is 5.69 Å². The van der Waals surface area contributed by atoms with Gasteiger partial charge >= 0.3 is 6.18 Å². The maximum Gasteiger partial charge on any atom is 0.405 e. The van der Waals surface area contributed by atoms with Crippen LogP contribution < -0.4 is 4.90 Å². The Balaban J connectivity index is 3.19. The Morgan fingerprint density at radius 3 is 2.47 bits per heavy atom. The van der Waals surface area contributed by atoms with E-state index in [1.165, 1.54) is 25.1 Å². The van der Waals surface area contributed by atoms with Gasteiger partial charge in [0.2, 0.25) is 0 Å². The third-order valence-electron chi connectivity index (χ3n) is 2.48. The van der Waals surface area contributed by atoms with Crippen LogP contribution >= 0.6 is 11.6 Å². The monoisotopic (exact) mass is 296 g/mol. The number of nitro benzene ring substituents is 1. The van der Waals surface area contributed by atoms with Crippen LogP contribution in [0.3, 0.4) is 0 Å². The maximum absolute atomic E-state index is 12.4. The zero-order chi connectivity index (χ0) is 14.6. The molecule has 19 heavy (non-hydrogen) atoms. The predicted molar refractivity (Wildman–Crippen MR) is 66.6 cm³/mol. The highest BCUT2D eigenvalue weighted by molar-refractivity contribution is 6.17. The summed E-state index contributed by atoms with van der Waals surface area (Å²) >= 11 is 5.56. The zero-order valence-corrected chi connectivity index (χ0v) is 10.8. The molecule has 0 bridgehead atoms. The van der Waals surface area contributed by atoms with Crippen LogP contribution in [0.1, 0.15) is 12.5 Å². The van der Waals surface area contributed by atoms with E-state index in [4.69, 9.17) is 11.6 Å². The van der Waals surface area contributed by atoms with Crippen LogP contribution in [-0.2, 0) is 5.88 Å². The third kappa shape index (κ3) is 4.27. The van der Waals surface area contributed by atoms with Crippen LogP contribution in [0.25, 0.3) is 0 Å². The summed E-state index contributed by atoms with van der Waals surface area (Å²) in [7, 11) is 0. The summed E-state index contributed by atoms with van der Waals surface area (Å²) in [5, 5.41) is 10.9. The van der Waals surface area contributed by atoms with Gasteiger partial charge < -0.3 is 4.90 Å². The number of nitrogens with zero attached hydrogens (tertiary/aromatic N) is 2. The topological polar surface area (TPSA) is 46.4 Å². The molecule has 0 amide bonds. The van der Waals surface area contributed by atoms with Crippen molar-refractivity contribution in [1.82, 2.24) is 0 Å². The summed E-state index contributed by atoms with van der Waals surface area (Å²) in [5.41, 5.74) is 0.0584. The largest absolute Gasteiger partial charge is 0.405 e. The molecule has 1 aromatic carbocycles. The van der Waals surface area contributed by atoms with Gasteiger partial charge in [-0.2, -0.15) is 13.2 Å². The molecule has 1 aromatic rings. The minimum atomic E-state index is -4.42. The summed E-state index contributed by atoms with van der Waals surface area (Å²) in [5.74, 6) is 0.0620. The van der Waals surface area contributed by atoms with Crippen LogP contribution in [0.15, 0.2) is 18.2 Å². The fourth-order valence-electron chi connectivity index (χ4n) is 1.65. The van der Waals surface area contributed by atoms with E-state index in [-0.39, 0.29) is 23.8 Å². The number of halogens is 4. The van der Waals surface area contributed by atoms with Crippen LogP contribution in [0.2, 0.25) is 0 Å². The predicted octanol–water partition coefficient (Wildman–Crippen LogP) is 3.72. The van der Waals surface area contributed by atoms with Gasteiger partial charge in [-0.3, -0.25) is 10.1 Å². The van der Waals surface area contributed by atoms with Gasteiger partial charge in [0, 0.05) is 18.5 Å². The molecule has 0 radical (unpaired) electrons. The van der Waals surface area contributed by atoms with Crippen molar-refractivity contribution < 1.29 is 18.1 Å². The number of hydrogen-bond acceptors (Lipinski definition) is 3. The maximum atomic E-state index is 12.4. The smallest absolute Gasteiger partial charge is 0.357 e. The van der Waals surface area contributed by atoms with Gasteiger partial charge in [0.15, 0.2) is 0 Å². The van der Waals surface area contributed by atoms with E-state index in [0.717, 1.165) is 4.90 Å². The van der Waals surface area contributed by atoms with Gasteiger partial charge in [-0.05, 0) is 18.6 Å². The molecule has 1 rings (SSSR count). The molecule has 0 N–H and O–H groups in total. The Hall–Kier alpha value is -1.50. The van der Waals surface area contributed by atoms with Crippen LogP contribution in [0.4, 0.5) is 24.5 Å². The van der Waals surface area contributed by atoms with Crippen molar-refractivity contribution in [3.05, 3.63) is 33.9 Å². The summed E-state index contributed by atoms with van der Waals surface area (Å²) < 4.78 is 37.3. The van der Waals surface area contributed by atoms with Crippen molar-refractivity contribution in [1.29, 1.82) is 0 Å². The third-order valence-corrected chi connectivity index (χ3v) is 2.79. The van der Waals surface area contributed by atoms with E-state index in [2.05, 4.69) is 0 Å². The number of anilines is 1. The fourth-order valence-corrected chi connectivity index (χ4v) is 1.82. The van der Waals surface area contributed by atoms with E-state index >= 15 is 0 Å². The van der Waals surface area contributed by atoms with Gasteiger partial charge in [-0.1, -0.05) is 6.07 Å². The lowest BCUT2D eigenvalue weighted by Crippen LogP contribution is -2.34. The Bertz CT molecular complexity index is 466. The summed E-state index contributed by atoms with van der Waals surface area (Å²) in [6.07, 6.45) is -4.42. The fraction of sp³-hybridized carbons (Fsp3) is 0.455. The Morgan fingerprint density at radius 1 is 1.42 bits per heavy atom. The molecule has 0 heterocycles. The van der Waals surface area contributed by atoms with E-state index in [0.29, 0.717) is 5.56 Å². The highest BCUT2D eigenvalue weighted by atomic mass is 35.5. The van der Waals surface area contributed by atoms with Crippen molar-refractivity contribution in [3.8, 4) is 0 Å². The minimum Gasteiger partial charge on any atom is -0.357 e. The Labute approximate surface area is 112 Å². The number of benzene rings is 1. The average Bonchev–Trinajstić information content (AvgIpc) is 2.34. The number of hydrogen-bond donors (Lipinski definition) is 0. The number of rotatable bonds is 5. The second-order valence-electron chi connectivity index (χ2n) is 3.84. The Kier molecular flexibility index (Phi) is 4.99. The van der Waals surface area contributed by atoms with Gasteiger partial charge in [0.05, 0.1) is 4.92 Å². The quantitative estimate of drug-likeness (QED) is 0.472. The minimum absolute atomic E-state index is 0.0145. The van der Waals surface area contributed by atoms with Crippen molar-refractivity contribution >= 4 is 23.0 Å². The molecule has 0 saturated carbocycles. The first kappa shape index (κ1) is 15.6. The SMILES string of the molecule is CCN(CC(F)(F)F)c1ccc(CCl)cc1[N+](=O)[O-]. The van der Waals surface area contributed by atoms with Crippen molar-refractivity contribution in [2.75, 3.05) is 18.0 Å². The molecule has 0 atom stereocenters. The van der Waals surface area contributed by atoms with Crippen LogP contribution in [-0.4, -0.2) is 24.2 Å². The first-order valence-corrected chi connectivity index (χ1v) is 5.97. The van der Waals surface area contributed by atoms with Crippen molar-refractivity contribution in [3.63, 3.8) is 0 Å². The molecule has 0 spiro atoms. The molecule has 106 valence electrons. The molecular weight excluding hydrogens is 285 g/mol. The lowest BCUT2D eigenvalue weighted by molar-refractivity contribution is -0.384. The van der Waals surface area contributed by atoms with E-state index in [1.807, 2.05) is 0 Å². The molecule has 8 heteroatoms. The number of alkyl halides is 4.